The highest BCUT2D eigenvalue weighted by molar-refractivity contribution is 7.89. The number of hydrogen-bond acceptors (Lipinski definition) is 5. The molecule has 146 valence electrons. The Morgan fingerprint density at radius 3 is 2.48 bits per heavy atom. The number of nitrogens with zero attached hydrogens (tertiary/aromatic N) is 2. The van der Waals surface area contributed by atoms with E-state index in [0.29, 0.717) is 29.2 Å². The van der Waals surface area contributed by atoms with Crippen LogP contribution in [0, 0.1) is 26.7 Å². The van der Waals surface area contributed by atoms with Gasteiger partial charge in [0.25, 0.3) is 0 Å². The predicted octanol–water partition coefficient (Wildman–Crippen LogP) is 3.29. The molecule has 1 fully saturated rings. The van der Waals surface area contributed by atoms with Crippen molar-refractivity contribution < 1.29 is 17.7 Å². The molecule has 1 N–H and O–H groups in total. The fourth-order valence-corrected chi connectivity index (χ4v) is 5.33. The fraction of sp³-hybridized carbons (Fsp3) is 0.444. The first-order valence-corrected chi connectivity index (χ1v) is 10.5. The molecule has 0 saturated carbocycles. The van der Waals surface area contributed by atoms with E-state index in [1.165, 1.54) is 4.31 Å². The molecule has 1 amide bonds. The van der Waals surface area contributed by atoms with Crippen LogP contribution in [0.3, 0.4) is 0 Å². The van der Waals surface area contributed by atoms with Crippen molar-refractivity contribution in [2.24, 2.45) is 5.92 Å². The van der Waals surface area contributed by atoms with Crippen LogP contribution in [0.15, 0.2) is 27.6 Å². The normalized spacial score (nSPS) is 16.4. The first-order chi connectivity index (χ1) is 12.7. The predicted molar refractivity (Wildman–Crippen MR) is 102 cm³/mol. The van der Waals surface area contributed by atoms with Crippen LogP contribution in [-0.2, 0) is 14.8 Å². The maximum absolute atomic E-state index is 12.8. The van der Waals surface area contributed by atoms with Gasteiger partial charge in [-0.05, 0) is 51.3 Å². The Labute approximate surface area is 163 Å². The molecule has 9 heteroatoms. The second-order valence-electron chi connectivity index (χ2n) is 6.80. The third-order valence-corrected chi connectivity index (χ3v) is 7.23. The second-order valence-corrected chi connectivity index (χ2v) is 9.09. The van der Waals surface area contributed by atoms with E-state index >= 15 is 0 Å². The topological polar surface area (TPSA) is 92.5 Å². The Kier molecular flexibility index (Phi) is 5.60. The summed E-state index contributed by atoms with van der Waals surface area (Å²) in [5.74, 6) is -0.130. The standard InChI is InChI=1S/C18H22ClN3O4S/c1-11-4-5-16(15(19)10-11)20-18(23)14-6-8-22(9-7-14)27(24,25)17-12(2)21-26-13(17)3/h4-5,10,14H,6-9H2,1-3H3,(H,20,23). The van der Waals surface area contributed by atoms with Crippen molar-refractivity contribution in [2.75, 3.05) is 18.4 Å². The van der Waals surface area contributed by atoms with Gasteiger partial charge >= 0.3 is 0 Å². The number of hydrogen-bond donors (Lipinski definition) is 1. The Morgan fingerprint density at radius 2 is 1.93 bits per heavy atom. The first kappa shape index (κ1) is 19.9. The average molecular weight is 412 g/mol. The zero-order valence-electron chi connectivity index (χ0n) is 15.5. The molecule has 0 unspecified atom stereocenters. The summed E-state index contributed by atoms with van der Waals surface area (Å²) >= 11 is 6.17. The van der Waals surface area contributed by atoms with Crippen molar-refractivity contribution >= 4 is 33.2 Å². The number of nitrogens with one attached hydrogen (secondary N) is 1. The average Bonchev–Trinajstić information content (AvgIpc) is 2.96. The Bertz CT molecular complexity index is 943. The largest absolute Gasteiger partial charge is 0.360 e. The lowest BCUT2D eigenvalue weighted by atomic mass is 9.97. The van der Waals surface area contributed by atoms with Gasteiger partial charge in [-0.3, -0.25) is 4.79 Å². The van der Waals surface area contributed by atoms with E-state index in [4.69, 9.17) is 16.1 Å². The summed E-state index contributed by atoms with van der Waals surface area (Å²) in [4.78, 5) is 12.7. The van der Waals surface area contributed by atoms with Gasteiger partial charge in [-0.1, -0.05) is 22.8 Å². The molecule has 1 saturated heterocycles. The van der Waals surface area contributed by atoms with Crippen molar-refractivity contribution in [3.05, 3.63) is 40.2 Å². The van der Waals surface area contributed by atoms with Crippen molar-refractivity contribution in [2.45, 2.75) is 38.5 Å². The molecule has 7 nitrogen and oxygen atoms in total. The lowest BCUT2D eigenvalue weighted by Crippen LogP contribution is -2.41. The number of rotatable bonds is 4. The molecule has 0 aliphatic carbocycles. The number of aryl methyl sites for hydroxylation is 3. The Hall–Kier alpha value is -1.90. The molecule has 1 aromatic carbocycles. The highest BCUT2D eigenvalue weighted by Crippen LogP contribution is 2.29. The maximum atomic E-state index is 12.8. The number of sulfonamides is 1. The third kappa shape index (κ3) is 4.02. The minimum Gasteiger partial charge on any atom is -0.360 e. The van der Waals surface area contributed by atoms with E-state index in [2.05, 4.69) is 10.5 Å². The molecule has 2 heterocycles. The SMILES string of the molecule is Cc1ccc(NC(=O)C2CCN(S(=O)(=O)c3c(C)noc3C)CC2)c(Cl)c1. The van der Waals surface area contributed by atoms with Gasteiger partial charge in [-0.25, -0.2) is 8.42 Å². The molecular weight excluding hydrogens is 390 g/mol. The van der Waals surface area contributed by atoms with E-state index in [9.17, 15) is 13.2 Å². The zero-order chi connectivity index (χ0) is 19.8. The third-order valence-electron chi connectivity index (χ3n) is 4.77. The van der Waals surface area contributed by atoms with Crippen LogP contribution in [0.1, 0.15) is 29.9 Å². The molecule has 27 heavy (non-hydrogen) atoms. The maximum Gasteiger partial charge on any atom is 0.248 e. The van der Waals surface area contributed by atoms with Gasteiger partial charge in [0, 0.05) is 19.0 Å². The van der Waals surface area contributed by atoms with Crippen LogP contribution >= 0.6 is 11.6 Å². The second kappa shape index (κ2) is 7.61. The lowest BCUT2D eigenvalue weighted by Gasteiger charge is -2.30. The van der Waals surface area contributed by atoms with E-state index in [0.717, 1.165) is 5.56 Å². The van der Waals surface area contributed by atoms with Gasteiger partial charge in [0.2, 0.25) is 15.9 Å². The minimum absolute atomic E-state index is 0.122. The molecule has 0 spiro atoms. The molecule has 3 rings (SSSR count). The highest BCUT2D eigenvalue weighted by Gasteiger charge is 2.35. The highest BCUT2D eigenvalue weighted by atomic mass is 35.5. The van der Waals surface area contributed by atoms with Crippen LogP contribution in [-0.4, -0.2) is 36.9 Å². The zero-order valence-corrected chi connectivity index (χ0v) is 17.0. The van der Waals surface area contributed by atoms with E-state index < -0.39 is 10.0 Å². The number of carbonyl (C=O) groups excluding carboxylic acids is 1. The molecule has 1 aliphatic rings. The van der Waals surface area contributed by atoms with Gasteiger partial charge in [0.15, 0.2) is 5.76 Å². The van der Waals surface area contributed by atoms with Crippen LogP contribution in [0.25, 0.3) is 0 Å². The Morgan fingerprint density at radius 1 is 1.26 bits per heavy atom. The molecule has 1 aliphatic heterocycles. The van der Waals surface area contributed by atoms with Crippen LogP contribution < -0.4 is 5.32 Å². The molecule has 2 aromatic rings. The fourth-order valence-electron chi connectivity index (χ4n) is 3.29. The molecule has 0 atom stereocenters. The van der Waals surface area contributed by atoms with Crippen molar-refractivity contribution in [3.8, 4) is 0 Å². The Balaban J connectivity index is 1.65. The number of carbonyl (C=O) groups is 1. The summed E-state index contributed by atoms with van der Waals surface area (Å²) in [6.45, 7) is 5.65. The quantitative estimate of drug-likeness (QED) is 0.833. The van der Waals surface area contributed by atoms with Crippen LogP contribution in [0.2, 0.25) is 5.02 Å². The van der Waals surface area contributed by atoms with Crippen molar-refractivity contribution in [1.82, 2.24) is 9.46 Å². The summed E-state index contributed by atoms with van der Waals surface area (Å²) in [6.07, 6.45) is 0.885. The summed E-state index contributed by atoms with van der Waals surface area (Å²) in [5, 5.41) is 7.05. The van der Waals surface area contributed by atoms with Gasteiger partial charge in [-0.2, -0.15) is 4.31 Å². The number of piperidine rings is 1. The molecule has 0 bridgehead atoms. The number of benzene rings is 1. The summed E-state index contributed by atoms with van der Waals surface area (Å²) in [7, 11) is -3.68. The van der Waals surface area contributed by atoms with E-state index in [1.54, 1.807) is 26.0 Å². The van der Waals surface area contributed by atoms with Gasteiger partial charge in [0.1, 0.15) is 10.6 Å². The monoisotopic (exact) mass is 411 g/mol. The number of anilines is 1. The van der Waals surface area contributed by atoms with Gasteiger partial charge in [0.05, 0.1) is 10.7 Å². The van der Waals surface area contributed by atoms with Gasteiger partial charge < -0.3 is 9.84 Å². The summed E-state index contributed by atoms with van der Waals surface area (Å²) in [5.41, 5.74) is 1.93. The summed E-state index contributed by atoms with van der Waals surface area (Å²) in [6, 6.07) is 5.43. The smallest absolute Gasteiger partial charge is 0.248 e. The molecule has 0 radical (unpaired) electrons. The first-order valence-electron chi connectivity index (χ1n) is 8.70. The van der Waals surface area contributed by atoms with Crippen molar-refractivity contribution in [1.29, 1.82) is 0 Å². The van der Waals surface area contributed by atoms with E-state index in [1.807, 2.05) is 13.0 Å². The number of halogens is 1. The van der Waals surface area contributed by atoms with Crippen LogP contribution in [0.5, 0.6) is 0 Å². The molecule has 1 aromatic heterocycles. The van der Waals surface area contributed by atoms with E-state index in [-0.39, 0.29) is 35.6 Å². The summed E-state index contributed by atoms with van der Waals surface area (Å²) < 4.78 is 32.1. The molecular formula is C18H22ClN3O4S. The number of amides is 1. The van der Waals surface area contributed by atoms with Gasteiger partial charge in [-0.15, -0.1) is 0 Å². The van der Waals surface area contributed by atoms with Crippen LogP contribution in [0.4, 0.5) is 5.69 Å². The lowest BCUT2D eigenvalue weighted by molar-refractivity contribution is -0.120. The minimum atomic E-state index is -3.68. The van der Waals surface area contributed by atoms with Crippen molar-refractivity contribution in [3.63, 3.8) is 0 Å². The number of aromatic nitrogens is 1.